The molecule has 0 aliphatic carbocycles. The third kappa shape index (κ3) is 3.76. The van der Waals surface area contributed by atoms with Crippen LogP contribution in [0.5, 0.6) is 0 Å². The molecule has 1 aliphatic rings. The minimum absolute atomic E-state index is 0.0502. The second kappa shape index (κ2) is 7.60. The molecule has 1 aromatic heterocycles. The largest absolute Gasteiger partial charge is 0.352 e. The molecule has 0 bridgehead atoms. The zero-order valence-corrected chi connectivity index (χ0v) is 15.6. The lowest BCUT2D eigenvalue weighted by molar-refractivity contribution is 0.100. The summed E-state index contributed by atoms with van der Waals surface area (Å²) in [5, 5.41) is 2.80. The molecule has 0 atom stereocenters. The summed E-state index contributed by atoms with van der Waals surface area (Å²) in [7, 11) is 0. The molecule has 4 rings (SSSR count). The zero-order chi connectivity index (χ0) is 19.5. The quantitative estimate of drug-likeness (QED) is 0.710. The number of carbonyl (C=O) groups excluding carboxylic acids is 2. The van der Waals surface area contributed by atoms with Crippen LogP contribution >= 0.6 is 0 Å². The van der Waals surface area contributed by atoms with Crippen molar-refractivity contribution in [2.75, 3.05) is 16.8 Å². The van der Waals surface area contributed by atoms with Gasteiger partial charge in [-0.05, 0) is 36.6 Å². The molecule has 0 fully saturated rings. The predicted octanol–water partition coefficient (Wildman–Crippen LogP) is 3.49. The van der Waals surface area contributed by atoms with Gasteiger partial charge in [-0.25, -0.2) is 9.97 Å². The minimum Gasteiger partial charge on any atom is -0.352 e. The molecule has 1 N–H and O–H groups in total. The van der Waals surface area contributed by atoms with Crippen LogP contribution < -0.4 is 10.2 Å². The van der Waals surface area contributed by atoms with E-state index in [4.69, 9.17) is 0 Å². The second-order valence-electron chi connectivity index (χ2n) is 6.79. The van der Waals surface area contributed by atoms with Gasteiger partial charge in [0.25, 0.3) is 5.91 Å². The highest BCUT2D eigenvalue weighted by molar-refractivity contribution is 6.04. The maximum atomic E-state index is 12.6. The molecule has 140 valence electrons. The molecule has 2 heterocycles. The standard InChI is InChI=1S/C22H20N4O2/c1-15(27)17-7-4-8-19(11-17)25-22(28)20-12-21(24-14-23-20)26-10-9-16-5-2-3-6-18(16)13-26/h2-8,11-12,14H,9-10,13H2,1H3,(H,25,28). The first-order chi connectivity index (χ1) is 13.6. The van der Waals surface area contributed by atoms with E-state index in [-0.39, 0.29) is 17.4 Å². The molecule has 3 aromatic rings. The summed E-state index contributed by atoms with van der Waals surface area (Å²) in [5.41, 5.74) is 4.03. The van der Waals surface area contributed by atoms with Gasteiger partial charge in [-0.15, -0.1) is 0 Å². The molecule has 0 saturated carbocycles. The fraction of sp³-hybridized carbons (Fsp3) is 0.182. The van der Waals surface area contributed by atoms with E-state index >= 15 is 0 Å². The van der Waals surface area contributed by atoms with Gasteiger partial charge in [-0.2, -0.15) is 0 Å². The van der Waals surface area contributed by atoms with Gasteiger partial charge >= 0.3 is 0 Å². The van der Waals surface area contributed by atoms with E-state index in [9.17, 15) is 9.59 Å². The zero-order valence-electron chi connectivity index (χ0n) is 15.6. The van der Waals surface area contributed by atoms with Crippen molar-refractivity contribution in [2.45, 2.75) is 19.9 Å². The summed E-state index contributed by atoms with van der Waals surface area (Å²) >= 11 is 0. The number of anilines is 2. The van der Waals surface area contributed by atoms with E-state index in [1.165, 1.54) is 24.4 Å². The normalized spacial score (nSPS) is 13.0. The van der Waals surface area contributed by atoms with Crippen LogP contribution in [0, 0.1) is 0 Å². The topological polar surface area (TPSA) is 75.2 Å². The van der Waals surface area contributed by atoms with E-state index in [0.717, 1.165) is 25.3 Å². The molecule has 6 heteroatoms. The first-order valence-electron chi connectivity index (χ1n) is 9.16. The highest BCUT2D eigenvalue weighted by Gasteiger charge is 2.19. The average Bonchev–Trinajstić information content (AvgIpc) is 2.73. The van der Waals surface area contributed by atoms with E-state index in [0.29, 0.717) is 11.3 Å². The fourth-order valence-electron chi connectivity index (χ4n) is 3.35. The van der Waals surface area contributed by atoms with Crippen molar-refractivity contribution in [3.05, 3.63) is 83.3 Å². The summed E-state index contributed by atoms with van der Waals surface area (Å²) in [5.74, 6) is 0.347. The van der Waals surface area contributed by atoms with Crippen LogP contribution in [0.25, 0.3) is 0 Å². The molecule has 6 nitrogen and oxygen atoms in total. The Morgan fingerprint density at radius 3 is 2.64 bits per heavy atom. The summed E-state index contributed by atoms with van der Waals surface area (Å²) in [6.07, 6.45) is 2.36. The number of Topliss-reactive ketones (excluding diaryl/α,β-unsaturated/α-hetero) is 1. The summed E-state index contributed by atoms with van der Waals surface area (Å²) in [4.78, 5) is 34.8. The number of nitrogens with zero attached hydrogens (tertiary/aromatic N) is 3. The van der Waals surface area contributed by atoms with Crippen molar-refractivity contribution in [2.24, 2.45) is 0 Å². The van der Waals surface area contributed by atoms with Crippen LogP contribution in [0.15, 0.2) is 60.9 Å². The van der Waals surface area contributed by atoms with Gasteiger partial charge in [0, 0.05) is 30.4 Å². The van der Waals surface area contributed by atoms with Crippen molar-refractivity contribution in [3.8, 4) is 0 Å². The van der Waals surface area contributed by atoms with Crippen LogP contribution in [0.3, 0.4) is 0 Å². The number of aromatic nitrogens is 2. The summed E-state index contributed by atoms with van der Waals surface area (Å²) in [6.45, 7) is 3.10. The Balaban J connectivity index is 1.52. The maximum absolute atomic E-state index is 12.6. The monoisotopic (exact) mass is 372 g/mol. The van der Waals surface area contributed by atoms with Crippen LogP contribution in [0.2, 0.25) is 0 Å². The number of ketones is 1. The smallest absolute Gasteiger partial charge is 0.274 e. The Morgan fingerprint density at radius 1 is 1.00 bits per heavy atom. The lowest BCUT2D eigenvalue weighted by atomic mass is 10.00. The highest BCUT2D eigenvalue weighted by Crippen LogP contribution is 2.23. The Labute approximate surface area is 163 Å². The highest BCUT2D eigenvalue weighted by atomic mass is 16.2. The molecule has 0 spiro atoms. The predicted molar refractivity (Wildman–Crippen MR) is 108 cm³/mol. The first-order valence-corrected chi connectivity index (χ1v) is 9.16. The molecule has 1 aliphatic heterocycles. The number of nitrogens with one attached hydrogen (secondary N) is 1. The summed E-state index contributed by atoms with van der Waals surface area (Å²) in [6, 6.07) is 16.9. The molecule has 28 heavy (non-hydrogen) atoms. The SMILES string of the molecule is CC(=O)c1cccc(NC(=O)c2cc(N3CCc4ccccc4C3)ncn2)c1. The number of carbonyl (C=O) groups is 2. The Hall–Kier alpha value is -3.54. The van der Waals surface area contributed by atoms with Gasteiger partial charge in [-0.1, -0.05) is 36.4 Å². The molecule has 0 unspecified atom stereocenters. The van der Waals surface area contributed by atoms with Gasteiger partial charge < -0.3 is 10.2 Å². The van der Waals surface area contributed by atoms with Crippen molar-refractivity contribution in [3.63, 3.8) is 0 Å². The van der Waals surface area contributed by atoms with Crippen molar-refractivity contribution in [1.82, 2.24) is 9.97 Å². The minimum atomic E-state index is -0.332. The third-order valence-corrected chi connectivity index (χ3v) is 4.87. The number of benzene rings is 2. The lowest BCUT2D eigenvalue weighted by Crippen LogP contribution is -2.31. The molecule has 0 saturated heterocycles. The number of hydrogen-bond donors (Lipinski definition) is 1. The Kier molecular flexibility index (Phi) is 4.85. The van der Waals surface area contributed by atoms with Gasteiger partial charge in [-0.3, -0.25) is 9.59 Å². The van der Waals surface area contributed by atoms with Crippen LogP contribution in [-0.4, -0.2) is 28.2 Å². The van der Waals surface area contributed by atoms with Crippen LogP contribution in [0.1, 0.15) is 38.9 Å². The number of rotatable bonds is 4. The molecule has 1 amide bonds. The number of fused-ring (bicyclic) bond motifs is 1. The van der Waals surface area contributed by atoms with Gasteiger partial charge in [0.1, 0.15) is 17.8 Å². The number of hydrogen-bond acceptors (Lipinski definition) is 5. The van der Waals surface area contributed by atoms with Gasteiger partial charge in [0.2, 0.25) is 0 Å². The van der Waals surface area contributed by atoms with E-state index in [1.54, 1.807) is 30.3 Å². The first kappa shape index (κ1) is 17.9. The Morgan fingerprint density at radius 2 is 1.82 bits per heavy atom. The van der Waals surface area contributed by atoms with Crippen molar-refractivity contribution < 1.29 is 9.59 Å². The molecular formula is C22H20N4O2. The number of amides is 1. The maximum Gasteiger partial charge on any atom is 0.274 e. The average molecular weight is 372 g/mol. The third-order valence-electron chi connectivity index (χ3n) is 4.87. The van der Waals surface area contributed by atoms with Crippen LogP contribution in [-0.2, 0) is 13.0 Å². The van der Waals surface area contributed by atoms with E-state index < -0.39 is 0 Å². The van der Waals surface area contributed by atoms with Crippen molar-refractivity contribution in [1.29, 1.82) is 0 Å². The molecule has 0 radical (unpaired) electrons. The van der Waals surface area contributed by atoms with E-state index in [1.807, 2.05) is 6.07 Å². The van der Waals surface area contributed by atoms with Gasteiger partial charge in [0.15, 0.2) is 5.78 Å². The lowest BCUT2D eigenvalue weighted by Gasteiger charge is -2.29. The molecule has 2 aromatic carbocycles. The van der Waals surface area contributed by atoms with Crippen molar-refractivity contribution >= 4 is 23.2 Å². The second-order valence-corrected chi connectivity index (χ2v) is 6.79. The van der Waals surface area contributed by atoms with E-state index in [2.05, 4.69) is 38.4 Å². The Bertz CT molecular complexity index is 1050. The van der Waals surface area contributed by atoms with Crippen LogP contribution in [0.4, 0.5) is 11.5 Å². The van der Waals surface area contributed by atoms with Gasteiger partial charge in [0.05, 0.1) is 0 Å². The molecular weight excluding hydrogens is 352 g/mol. The fourth-order valence-corrected chi connectivity index (χ4v) is 3.35. The summed E-state index contributed by atoms with van der Waals surface area (Å²) < 4.78 is 0.